The zero-order chi connectivity index (χ0) is 25.7. The van der Waals surface area contributed by atoms with E-state index in [2.05, 4.69) is 13.8 Å². The summed E-state index contributed by atoms with van der Waals surface area (Å²) in [5, 5.41) is 0.519. The third-order valence-electron chi connectivity index (χ3n) is 6.32. The second-order valence-electron chi connectivity index (χ2n) is 9.40. The lowest BCUT2D eigenvalue weighted by molar-refractivity contribution is -0.134. The van der Waals surface area contributed by atoms with Crippen LogP contribution in [-0.4, -0.2) is 34.0 Å². The van der Waals surface area contributed by atoms with Gasteiger partial charge in [0.05, 0.1) is 29.7 Å². The molecule has 186 valence electrons. The summed E-state index contributed by atoms with van der Waals surface area (Å²) in [5.41, 5.74) is 2.15. The number of benzene rings is 3. The van der Waals surface area contributed by atoms with Gasteiger partial charge in [-0.1, -0.05) is 68.4 Å². The summed E-state index contributed by atoms with van der Waals surface area (Å²) in [4.78, 5) is 34.2. The summed E-state index contributed by atoms with van der Waals surface area (Å²) in [7, 11) is 1.58. The number of rotatable bonds is 9. The van der Waals surface area contributed by atoms with Gasteiger partial charge in [-0.25, -0.2) is 4.98 Å². The van der Waals surface area contributed by atoms with Gasteiger partial charge in [0.15, 0.2) is 0 Å². The Labute approximate surface area is 212 Å². The molecular weight excluding hydrogens is 450 g/mol. The Morgan fingerprint density at radius 3 is 2.33 bits per heavy atom. The molecule has 6 nitrogen and oxygen atoms in total. The standard InChI is InChI=1S/C30H33N3O3/c1-21(2)20-32(28(34)19-18-23-12-6-5-7-13-23)22(3)29-31-25-15-9-8-14-24(25)30(35)33(29)26-16-10-11-17-27(26)36-4/h5-17,21-22H,18-20H2,1-4H3. The Morgan fingerprint density at radius 1 is 0.944 bits per heavy atom. The molecule has 0 saturated heterocycles. The van der Waals surface area contributed by atoms with E-state index in [-0.39, 0.29) is 17.4 Å². The van der Waals surface area contributed by atoms with Crippen LogP contribution in [-0.2, 0) is 11.2 Å². The molecule has 0 bridgehead atoms. The molecule has 36 heavy (non-hydrogen) atoms. The fourth-order valence-corrected chi connectivity index (χ4v) is 4.53. The van der Waals surface area contributed by atoms with Gasteiger partial charge in [-0.15, -0.1) is 0 Å². The van der Waals surface area contributed by atoms with Crippen molar-refractivity contribution in [2.75, 3.05) is 13.7 Å². The molecule has 4 aromatic rings. The first kappa shape index (κ1) is 25.2. The fraction of sp³-hybridized carbons (Fsp3) is 0.300. The number of hydrogen-bond acceptors (Lipinski definition) is 4. The van der Waals surface area contributed by atoms with Gasteiger partial charge in [0.25, 0.3) is 5.56 Å². The summed E-state index contributed by atoms with van der Waals surface area (Å²) in [6.07, 6.45) is 1.04. The van der Waals surface area contributed by atoms with Gasteiger partial charge in [0.1, 0.15) is 11.6 Å². The van der Waals surface area contributed by atoms with Gasteiger partial charge < -0.3 is 9.64 Å². The fourth-order valence-electron chi connectivity index (χ4n) is 4.53. The smallest absolute Gasteiger partial charge is 0.266 e. The number of aromatic nitrogens is 2. The van der Waals surface area contributed by atoms with Crippen LogP contribution in [0.3, 0.4) is 0 Å². The molecule has 0 aliphatic heterocycles. The van der Waals surface area contributed by atoms with Crippen molar-refractivity contribution in [1.29, 1.82) is 0 Å². The zero-order valence-electron chi connectivity index (χ0n) is 21.3. The van der Waals surface area contributed by atoms with Crippen molar-refractivity contribution in [3.8, 4) is 11.4 Å². The number of aryl methyl sites for hydroxylation is 1. The molecule has 0 fully saturated rings. The van der Waals surface area contributed by atoms with E-state index in [9.17, 15) is 9.59 Å². The molecule has 1 unspecified atom stereocenters. The van der Waals surface area contributed by atoms with E-state index in [0.717, 1.165) is 5.56 Å². The van der Waals surface area contributed by atoms with Crippen LogP contribution in [0.4, 0.5) is 0 Å². The molecule has 3 aromatic carbocycles. The highest BCUT2D eigenvalue weighted by molar-refractivity contribution is 5.79. The van der Waals surface area contributed by atoms with E-state index in [4.69, 9.17) is 9.72 Å². The number of fused-ring (bicyclic) bond motifs is 1. The molecule has 0 N–H and O–H groups in total. The molecule has 1 atom stereocenters. The lowest BCUT2D eigenvalue weighted by Crippen LogP contribution is -2.39. The van der Waals surface area contributed by atoms with Crippen molar-refractivity contribution in [2.45, 2.75) is 39.7 Å². The highest BCUT2D eigenvalue weighted by Gasteiger charge is 2.28. The van der Waals surface area contributed by atoms with E-state index < -0.39 is 6.04 Å². The van der Waals surface area contributed by atoms with Crippen LogP contribution in [0.25, 0.3) is 16.6 Å². The number of methoxy groups -OCH3 is 1. The molecule has 1 heterocycles. The second-order valence-corrected chi connectivity index (χ2v) is 9.40. The molecule has 1 aromatic heterocycles. The van der Waals surface area contributed by atoms with Crippen molar-refractivity contribution >= 4 is 16.8 Å². The number of amides is 1. The largest absolute Gasteiger partial charge is 0.495 e. The van der Waals surface area contributed by atoms with Crippen LogP contribution in [0.15, 0.2) is 83.7 Å². The van der Waals surface area contributed by atoms with Crippen LogP contribution < -0.4 is 10.3 Å². The van der Waals surface area contributed by atoms with Crippen molar-refractivity contribution in [1.82, 2.24) is 14.5 Å². The third-order valence-corrected chi connectivity index (χ3v) is 6.32. The van der Waals surface area contributed by atoms with E-state index in [1.807, 2.05) is 84.6 Å². The zero-order valence-corrected chi connectivity index (χ0v) is 21.3. The summed E-state index contributed by atoms with van der Waals surface area (Å²) in [6.45, 7) is 6.69. The number of nitrogens with zero attached hydrogens (tertiary/aromatic N) is 3. The monoisotopic (exact) mass is 483 g/mol. The first-order chi connectivity index (χ1) is 17.4. The van der Waals surface area contributed by atoms with Crippen LogP contribution >= 0.6 is 0 Å². The Hall–Kier alpha value is -3.93. The molecule has 0 spiro atoms. The molecule has 1 amide bonds. The predicted octanol–water partition coefficient (Wildman–Crippen LogP) is 5.57. The van der Waals surface area contributed by atoms with E-state index in [0.29, 0.717) is 47.6 Å². The van der Waals surface area contributed by atoms with Gasteiger partial charge in [-0.2, -0.15) is 0 Å². The number of ether oxygens (including phenoxy) is 1. The third kappa shape index (κ3) is 5.33. The summed E-state index contributed by atoms with van der Waals surface area (Å²) < 4.78 is 7.19. The number of carbonyl (C=O) groups excluding carboxylic acids is 1. The van der Waals surface area contributed by atoms with Gasteiger partial charge in [-0.05, 0) is 49.1 Å². The average Bonchev–Trinajstić information content (AvgIpc) is 2.90. The Morgan fingerprint density at radius 2 is 1.61 bits per heavy atom. The van der Waals surface area contributed by atoms with Gasteiger partial charge in [0, 0.05) is 13.0 Å². The normalized spacial score (nSPS) is 12.0. The summed E-state index contributed by atoms with van der Waals surface area (Å²) >= 11 is 0. The van der Waals surface area contributed by atoms with Crippen LogP contribution in [0.2, 0.25) is 0 Å². The van der Waals surface area contributed by atoms with Crippen molar-refractivity contribution < 1.29 is 9.53 Å². The first-order valence-electron chi connectivity index (χ1n) is 12.4. The number of hydrogen-bond donors (Lipinski definition) is 0. The maximum atomic E-state index is 13.8. The molecule has 4 rings (SSSR count). The summed E-state index contributed by atoms with van der Waals surface area (Å²) in [5.74, 6) is 1.36. The van der Waals surface area contributed by atoms with E-state index >= 15 is 0 Å². The van der Waals surface area contributed by atoms with Gasteiger partial charge >= 0.3 is 0 Å². The molecular formula is C30H33N3O3. The molecule has 0 radical (unpaired) electrons. The Kier molecular flexibility index (Phi) is 7.84. The quantitative estimate of drug-likeness (QED) is 0.312. The Bertz CT molecular complexity index is 1400. The topological polar surface area (TPSA) is 64.4 Å². The van der Waals surface area contributed by atoms with E-state index in [1.54, 1.807) is 17.7 Å². The highest BCUT2D eigenvalue weighted by Crippen LogP contribution is 2.28. The number of carbonyl (C=O) groups is 1. The molecule has 6 heteroatoms. The Balaban J connectivity index is 1.81. The van der Waals surface area contributed by atoms with Crippen LogP contribution in [0.5, 0.6) is 5.75 Å². The SMILES string of the molecule is COc1ccccc1-n1c(C(C)N(CC(C)C)C(=O)CCc2ccccc2)nc2ccccc2c1=O. The van der Waals surface area contributed by atoms with Gasteiger partial charge in [-0.3, -0.25) is 14.2 Å². The van der Waals surface area contributed by atoms with Crippen molar-refractivity contribution in [2.24, 2.45) is 5.92 Å². The molecule has 0 aliphatic carbocycles. The lowest BCUT2D eigenvalue weighted by Gasteiger charge is -2.32. The second kappa shape index (κ2) is 11.2. The minimum Gasteiger partial charge on any atom is -0.495 e. The first-order valence-corrected chi connectivity index (χ1v) is 12.4. The average molecular weight is 484 g/mol. The number of para-hydroxylation sites is 3. The maximum absolute atomic E-state index is 13.8. The van der Waals surface area contributed by atoms with E-state index in [1.165, 1.54) is 0 Å². The maximum Gasteiger partial charge on any atom is 0.266 e. The van der Waals surface area contributed by atoms with Crippen LogP contribution in [0.1, 0.15) is 44.6 Å². The van der Waals surface area contributed by atoms with Gasteiger partial charge in [0.2, 0.25) is 5.91 Å². The highest BCUT2D eigenvalue weighted by atomic mass is 16.5. The molecule has 0 saturated carbocycles. The minimum atomic E-state index is -0.433. The summed E-state index contributed by atoms with van der Waals surface area (Å²) in [6, 6.07) is 24.3. The molecule has 0 aliphatic rings. The predicted molar refractivity (Wildman–Crippen MR) is 144 cm³/mol. The van der Waals surface area contributed by atoms with Crippen molar-refractivity contribution in [3.63, 3.8) is 0 Å². The minimum absolute atomic E-state index is 0.0361. The lowest BCUT2D eigenvalue weighted by atomic mass is 10.1. The van der Waals surface area contributed by atoms with Crippen molar-refractivity contribution in [3.05, 3.63) is 101 Å². The van der Waals surface area contributed by atoms with Crippen LogP contribution in [0, 0.1) is 5.92 Å².